The molecule has 1 aromatic heterocycles. The Kier molecular flexibility index (Phi) is 7.58. The van der Waals surface area contributed by atoms with Crippen LogP contribution in [0, 0.1) is 0 Å². The van der Waals surface area contributed by atoms with Gasteiger partial charge < -0.3 is 13.6 Å². The van der Waals surface area contributed by atoms with Crippen molar-refractivity contribution in [3.05, 3.63) is 33.1 Å². The molecule has 0 aliphatic carbocycles. The minimum Gasteiger partial charge on any atom is -0.413 e. The van der Waals surface area contributed by atoms with Crippen molar-refractivity contribution in [2.24, 2.45) is 0 Å². The van der Waals surface area contributed by atoms with Crippen LogP contribution in [0.15, 0.2) is 21.9 Å². The van der Waals surface area contributed by atoms with Gasteiger partial charge >= 0.3 is 5.69 Å². The molecule has 1 fully saturated rings. The molecule has 0 aromatic carbocycles. The lowest BCUT2D eigenvalue weighted by Gasteiger charge is -2.45. The van der Waals surface area contributed by atoms with Gasteiger partial charge in [0.1, 0.15) is 6.10 Å². The Hall–Kier alpha value is -1.05. The van der Waals surface area contributed by atoms with E-state index in [9.17, 15) is 14.4 Å². The molecule has 2 heterocycles. The van der Waals surface area contributed by atoms with Gasteiger partial charge in [-0.25, -0.2) is 4.79 Å². The molecule has 0 amide bonds. The number of nitrogens with one attached hydrogen (secondary N) is 1. The van der Waals surface area contributed by atoms with Crippen LogP contribution < -0.4 is 11.2 Å². The first-order chi connectivity index (χ1) is 14.7. The van der Waals surface area contributed by atoms with E-state index < -0.39 is 44.6 Å². The highest BCUT2D eigenvalue weighted by molar-refractivity contribution is 6.74. The number of hydrogen-bond donors (Lipinski definition) is 1. The predicted molar refractivity (Wildman–Crippen MR) is 135 cm³/mol. The Balaban J connectivity index is 2.63. The maximum Gasteiger partial charge on any atom is 0.329 e. The van der Waals surface area contributed by atoms with Gasteiger partial charge in [-0.05, 0) is 36.3 Å². The summed E-state index contributed by atoms with van der Waals surface area (Å²) in [5.41, 5.74) is -2.75. The minimum absolute atomic E-state index is 0.0428. The quantitative estimate of drug-likeness (QED) is 0.334. The number of hydrogen-bond acceptors (Lipinski definition) is 6. The van der Waals surface area contributed by atoms with Crippen molar-refractivity contribution in [3.8, 4) is 0 Å². The molecule has 8 nitrogen and oxygen atoms in total. The summed E-state index contributed by atoms with van der Waals surface area (Å²) in [6.45, 7) is 20.6. The van der Waals surface area contributed by atoms with Crippen LogP contribution in [0.25, 0.3) is 0 Å². The summed E-state index contributed by atoms with van der Waals surface area (Å²) in [7, 11) is -4.74. The van der Waals surface area contributed by atoms with Gasteiger partial charge in [-0.1, -0.05) is 53.1 Å². The summed E-state index contributed by atoms with van der Waals surface area (Å²) in [4.78, 5) is 37.7. The first-order valence-corrected chi connectivity index (χ1v) is 17.4. The number of halogens is 1. The third kappa shape index (κ3) is 5.30. The molecular weight excluding hydrogens is 480 g/mol. The molecule has 0 bridgehead atoms. The molecule has 11 heteroatoms. The number of ether oxygens (including phenoxy) is 1. The highest BCUT2D eigenvalue weighted by Crippen LogP contribution is 2.48. The lowest BCUT2D eigenvalue weighted by atomic mass is 9.96. The van der Waals surface area contributed by atoms with Gasteiger partial charge in [-0.2, -0.15) is 0 Å². The maximum absolute atomic E-state index is 12.7. The van der Waals surface area contributed by atoms with E-state index in [1.165, 1.54) is 16.8 Å². The summed E-state index contributed by atoms with van der Waals surface area (Å²) in [6.07, 6.45) is 0.993. The Labute approximate surface area is 203 Å². The summed E-state index contributed by atoms with van der Waals surface area (Å²) in [5, 5.41) is -0.280. The van der Waals surface area contributed by atoms with Crippen molar-refractivity contribution in [1.82, 2.24) is 9.55 Å². The van der Waals surface area contributed by atoms with Gasteiger partial charge in [0.25, 0.3) is 5.56 Å². The lowest BCUT2D eigenvalue weighted by Crippen LogP contribution is -2.61. The molecule has 1 N–H and O–H groups in total. The average Bonchev–Trinajstić information content (AvgIpc) is 2.91. The molecule has 3 atom stereocenters. The van der Waals surface area contributed by atoms with Crippen molar-refractivity contribution in [2.75, 3.05) is 13.2 Å². The van der Waals surface area contributed by atoms with Gasteiger partial charge in [0, 0.05) is 12.3 Å². The number of carbonyl (C=O) groups excluding carboxylic acids is 1. The van der Waals surface area contributed by atoms with Crippen molar-refractivity contribution >= 4 is 34.5 Å². The second-order valence-electron chi connectivity index (χ2n) is 12.0. The van der Waals surface area contributed by atoms with Crippen molar-refractivity contribution in [1.29, 1.82) is 0 Å². The zero-order valence-corrected chi connectivity index (χ0v) is 24.3. The van der Waals surface area contributed by atoms with Crippen LogP contribution in [0.2, 0.25) is 36.3 Å². The van der Waals surface area contributed by atoms with Gasteiger partial charge in [0.15, 0.2) is 33.5 Å². The third-order valence-corrected chi connectivity index (χ3v) is 16.9. The van der Waals surface area contributed by atoms with Crippen LogP contribution in [-0.4, -0.2) is 57.4 Å². The maximum atomic E-state index is 12.7. The lowest BCUT2D eigenvalue weighted by molar-refractivity contribution is -0.138. The second kappa shape index (κ2) is 8.87. The second-order valence-corrected chi connectivity index (χ2v) is 22.2. The Morgan fingerprint density at radius 1 is 1.15 bits per heavy atom. The summed E-state index contributed by atoms with van der Waals surface area (Å²) < 4.78 is 20.4. The largest absolute Gasteiger partial charge is 0.413 e. The Morgan fingerprint density at radius 2 is 1.70 bits per heavy atom. The third-order valence-electron chi connectivity index (χ3n) is 7.50. The molecule has 0 radical (unpaired) electrons. The molecular formula is C22H39ClN2O6Si2. The Morgan fingerprint density at radius 3 is 2.15 bits per heavy atom. The van der Waals surface area contributed by atoms with Crippen LogP contribution in [0.3, 0.4) is 0 Å². The van der Waals surface area contributed by atoms with Gasteiger partial charge in [-0.3, -0.25) is 19.1 Å². The first kappa shape index (κ1) is 28.2. The van der Waals surface area contributed by atoms with Crippen LogP contribution in [0.4, 0.5) is 0 Å². The van der Waals surface area contributed by atoms with E-state index in [-0.39, 0.29) is 23.3 Å². The zero-order chi connectivity index (χ0) is 25.7. The monoisotopic (exact) mass is 518 g/mol. The molecule has 1 aliphatic heterocycles. The smallest absolute Gasteiger partial charge is 0.329 e. The van der Waals surface area contributed by atoms with E-state index in [2.05, 4.69) is 59.6 Å². The Bertz CT molecular complexity index is 994. The number of aldehydes is 1. The van der Waals surface area contributed by atoms with Crippen molar-refractivity contribution in [3.63, 3.8) is 0 Å². The number of aromatic amines is 1. The number of H-pyrrole nitrogens is 1. The van der Waals surface area contributed by atoms with E-state index in [0.717, 1.165) is 0 Å². The number of rotatable bonds is 7. The number of alkyl halides is 1. The van der Waals surface area contributed by atoms with Crippen LogP contribution in [-0.2, 0) is 23.4 Å². The molecule has 1 saturated heterocycles. The minimum atomic E-state index is -2.49. The van der Waals surface area contributed by atoms with E-state index in [0.29, 0.717) is 6.29 Å². The fraction of sp³-hybridized carbons (Fsp3) is 0.773. The van der Waals surface area contributed by atoms with Gasteiger partial charge in [-0.15, -0.1) is 0 Å². The normalized spacial score (nSPS) is 27.1. The molecule has 2 rings (SSSR count). The molecule has 1 unspecified atom stereocenters. The topological polar surface area (TPSA) is 99.6 Å². The zero-order valence-electron chi connectivity index (χ0n) is 21.5. The first-order valence-electron chi connectivity index (χ1n) is 11.2. The van der Waals surface area contributed by atoms with E-state index in [1.807, 2.05) is 13.1 Å². The molecule has 188 valence electrons. The average molecular weight is 519 g/mol. The summed E-state index contributed by atoms with van der Waals surface area (Å²) >= 11 is 7.09. The fourth-order valence-electron chi connectivity index (χ4n) is 3.09. The summed E-state index contributed by atoms with van der Waals surface area (Å²) in [6, 6.07) is 1.21. The predicted octanol–water partition coefficient (Wildman–Crippen LogP) is 3.81. The SMILES string of the molecule is CC(C)(C)[Si](C)(C)OC[C@@]1(C=O)OC[C@](Cl)(n2ccc(=O)[nH]c2=O)C1O[Si](C)(C)C(C)(C)C. The molecule has 1 aromatic rings. The molecule has 33 heavy (non-hydrogen) atoms. The highest BCUT2D eigenvalue weighted by Gasteiger charge is 2.63. The molecule has 0 saturated carbocycles. The van der Waals surface area contributed by atoms with Crippen LogP contribution >= 0.6 is 11.6 Å². The van der Waals surface area contributed by atoms with E-state index in [1.54, 1.807) is 0 Å². The highest BCUT2D eigenvalue weighted by atomic mass is 35.5. The number of aromatic nitrogens is 2. The standard InChI is InChI=1S/C22H39ClN2O6Si2/c1-19(2,3)32(7,8)30-14-21(13-26)17(31-33(9,10)20(4,5)6)22(23,15-29-21)25-12-11-16(27)24-18(25)28/h11-13,17H,14-15H2,1-10H3,(H,24,27,28)/t17?,21-,22+/m1/s1. The molecule has 0 spiro atoms. The number of nitrogens with zero attached hydrogens (tertiary/aromatic N) is 1. The van der Waals surface area contributed by atoms with Crippen LogP contribution in [0.5, 0.6) is 0 Å². The van der Waals surface area contributed by atoms with Gasteiger partial charge in [0.2, 0.25) is 0 Å². The van der Waals surface area contributed by atoms with Gasteiger partial charge in [0.05, 0.1) is 13.2 Å². The number of carbonyl (C=O) groups is 1. The molecule has 1 aliphatic rings. The van der Waals surface area contributed by atoms with Crippen molar-refractivity contribution < 1.29 is 18.4 Å². The fourth-order valence-corrected chi connectivity index (χ4v) is 5.93. The van der Waals surface area contributed by atoms with Crippen molar-refractivity contribution in [2.45, 2.75) is 94.5 Å². The summed E-state index contributed by atoms with van der Waals surface area (Å²) in [5.74, 6) is 0. The van der Waals surface area contributed by atoms with E-state index >= 15 is 0 Å². The van der Waals surface area contributed by atoms with E-state index in [4.69, 9.17) is 25.2 Å². The van der Waals surface area contributed by atoms with Crippen LogP contribution in [0.1, 0.15) is 41.5 Å².